The highest BCUT2D eigenvalue weighted by Gasteiger charge is 2.41. The Labute approximate surface area is 139 Å². The summed E-state index contributed by atoms with van der Waals surface area (Å²) in [4.78, 5) is 42.3. The Kier molecular flexibility index (Phi) is 4.13. The van der Waals surface area contributed by atoms with Crippen molar-refractivity contribution < 1.29 is 19.5 Å². The van der Waals surface area contributed by atoms with Gasteiger partial charge in [-0.3, -0.25) is 19.9 Å². The van der Waals surface area contributed by atoms with Crippen LogP contribution < -0.4 is 10.2 Å². The molecule has 0 radical (unpaired) electrons. The normalized spacial score (nSPS) is 24.7. The molecule has 128 valence electrons. The zero-order valence-corrected chi connectivity index (χ0v) is 13.5. The monoisotopic (exact) mass is 332 g/mol. The van der Waals surface area contributed by atoms with Gasteiger partial charge in [-0.1, -0.05) is 0 Å². The zero-order chi connectivity index (χ0) is 17.3. The van der Waals surface area contributed by atoms with E-state index in [9.17, 15) is 14.4 Å². The van der Waals surface area contributed by atoms with Gasteiger partial charge < -0.3 is 14.9 Å². The van der Waals surface area contributed by atoms with E-state index in [1.165, 1.54) is 4.90 Å². The Morgan fingerprint density at radius 1 is 1.25 bits per heavy atom. The van der Waals surface area contributed by atoms with Crippen LogP contribution >= 0.6 is 0 Å². The average molecular weight is 332 g/mol. The van der Waals surface area contributed by atoms with Crippen LogP contribution in [0.4, 0.5) is 10.5 Å². The quantitative estimate of drug-likeness (QED) is 0.768. The van der Waals surface area contributed by atoms with Gasteiger partial charge in [0.25, 0.3) is 0 Å². The molecule has 1 aromatic heterocycles. The number of rotatable bonds is 2. The number of carboxylic acid groups (broad SMARTS) is 1. The molecular weight excluding hydrogens is 312 g/mol. The largest absolute Gasteiger partial charge is 0.465 e. The van der Waals surface area contributed by atoms with Gasteiger partial charge in [0, 0.05) is 32.6 Å². The molecule has 3 heterocycles. The van der Waals surface area contributed by atoms with Crippen molar-refractivity contribution in [3.8, 4) is 0 Å². The maximum atomic E-state index is 12.2. The number of pyridine rings is 1. The van der Waals surface area contributed by atoms with Crippen molar-refractivity contribution in [1.29, 1.82) is 0 Å². The summed E-state index contributed by atoms with van der Waals surface area (Å²) in [5, 5.41) is 11.4. The minimum Gasteiger partial charge on any atom is -0.465 e. The van der Waals surface area contributed by atoms with Crippen LogP contribution in [-0.2, 0) is 15.0 Å². The minimum absolute atomic E-state index is 0.245. The maximum absolute atomic E-state index is 12.2. The maximum Gasteiger partial charge on any atom is 0.407 e. The van der Waals surface area contributed by atoms with Crippen LogP contribution in [0.5, 0.6) is 0 Å². The first kappa shape index (κ1) is 16.2. The highest BCUT2D eigenvalue weighted by atomic mass is 16.4. The Morgan fingerprint density at radius 2 is 1.96 bits per heavy atom. The van der Waals surface area contributed by atoms with Gasteiger partial charge in [0.2, 0.25) is 11.8 Å². The van der Waals surface area contributed by atoms with Crippen molar-refractivity contribution in [2.45, 2.75) is 25.2 Å². The number of aromatic nitrogens is 1. The number of imide groups is 1. The third-order valence-corrected chi connectivity index (χ3v) is 4.83. The van der Waals surface area contributed by atoms with Gasteiger partial charge in [0.05, 0.1) is 23.0 Å². The van der Waals surface area contributed by atoms with Crippen molar-refractivity contribution in [3.63, 3.8) is 0 Å². The summed E-state index contributed by atoms with van der Waals surface area (Å²) in [6.45, 7) is 3.93. The van der Waals surface area contributed by atoms with E-state index in [0.717, 1.165) is 5.69 Å². The molecule has 3 rings (SSSR count). The predicted molar refractivity (Wildman–Crippen MR) is 85.8 cm³/mol. The van der Waals surface area contributed by atoms with Gasteiger partial charge in [0.1, 0.15) is 0 Å². The number of nitrogens with zero attached hydrogens (tertiary/aromatic N) is 3. The second-order valence-electron chi connectivity index (χ2n) is 6.37. The van der Waals surface area contributed by atoms with E-state index in [2.05, 4.69) is 15.2 Å². The fourth-order valence-electron chi connectivity index (χ4n) is 3.10. The Bertz CT molecular complexity index is 667. The molecular formula is C16H20N4O4. The number of carbonyl (C=O) groups is 3. The lowest BCUT2D eigenvalue weighted by Crippen LogP contribution is -2.50. The molecule has 2 aliphatic rings. The third-order valence-electron chi connectivity index (χ3n) is 4.83. The summed E-state index contributed by atoms with van der Waals surface area (Å²) in [6, 6.07) is 3.71. The second kappa shape index (κ2) is 6.10. The van der Waals surface area contributed by atoms with Gasteiger partial charge in [-0.05, 0) is 25.5 Å². The van der Waals surface area contributed by atoms with Crippen LogP contribution in [0.3, 0.4) is 0 Å². The van der Waals surface area contributed by atoms with Crippen LogP contribution in [0.2, 0.25) is 0 Å². The number of anilines is 1. The highest BCUT2D eigenvalue weighted by molar-refractivity contribution is 6.03. The number of hydrogen-bond donors (Lipinski definition) is 2. The number of hydrogen-bond acceptors (Lipinski definition) is 5. The Balaban J connectivity index is 1.71. The minimum atomic E-state index is -0.895. The molecule has 1 atom stereocenters. The standard InChI is InChI=1S/C16H20N4O4/c1-16(5-4-13(21)18-14(16)22)12-3-2-11(10-17-12)19-6-8-20(9-7-19)15(23)24/h2-3,10H,4-9H2,1H3,(H,23,24)(H,18,21,22). The highest BCUT2D eigenvalue weighted by Crippen LogP contribution is 2.31. The average Bonchev–Trinajstić information content (AvgIpc) is 2.59. The van der Waals surface area contributed by atoms with Crippen LogP contribution in [0, 0.1) is 0 Å². The first-order valence-electron chi connectivity index (χ1n) is 7.94. The van der Waals surface area contributed by atoms with Crippen LogP contribution in [0.1, 0.15) is 25.5 Å². The number of piperazine rings is 1. The van der Waals surface area contributed by atoms with Crippen molar-refractivity contribution in [2.24, 2.45) is 0 Å². The van der Waals surface area contributed by atoms with Gasteiger partial charge in [-0.2, -0.15) is 0 Å². The zero-order valence-electron chi connectivity index (χ0n) is 13.5. The number of piperidine rings is 1. The molecule has 0 saturated carbocycles. The number of carbonyl (C=O) groups excluding carboxylic acids is 2. The molecule has 0 bridgehead atoms. The van der Waals surface area contributed by atoms with E-state index in [0.29, 0.717) is 44.7 Å². The third kappa shape index (κ3) is 2.91. The summed E-state index contributed by atoms with van der Waals surface area (Å²) in [5.74, 6) is -0.556. The predicted octanol–water partition coefficient (Wildman–Crippen LogP) is 0.576. The van der Waals surface area contributed by atoms with Gasteiger partial charge in [-0.15, -0.1) is 0 Å². The van der Waals surface area contributed by atoms with E-state index in [4.69, 9.17) is 5.11 Å². The van der Waals surface area contributed by atoms with E-state index < -0.39 is 11.5 Å². The molecule has 0 spiro atoms. The lowest BCUT2D eigenvalue weighted by molar-refractivity contribution is -0.137. The van der Waals surface area contributed by atoms with E-state index in [1.807, 2.05) is 12.1 Å². The number of nitrogens with one attached hydrogen (secondary N) is 1. The second-order valence-corrected chi connectivity index (χ2v) is 6.37. The summed E-state index contributed by atoms with van der Waals surface area (Å²) in [6.07, 6.45) is 1.57. The fraction of sp³-hybridized carbons (Fsp3) is 0.500. The Hall–Kier alpha value is -2.64. The molecule has 1 unspecified atom stereocenters. The van der Waals surface area contributed by atoms with Crippen molar-refractivity contribution in [3.05, 3.63) is 24.0 Å². The smallest absolute Gasteiger partial charge is 0.407 e. The SMILES string of the molecule is CC1(c2ccc(N3CCN(C(=O)O)CC3)cn2)CCC(=O)NC1=O. The lowest BCUT2D eigenvalue weighted by Gasteiger charge is -2.35. The number of amides is 3. The van der Waals surface area contributed by atoms with Crippen molar-refractivity contribution >= 4 is 23.6 Å². The molecule has 24 heavy (non-hydrogen) atoms. The van der Waals surface area contributed by atoms with E-state index >= 15 is 0 Å². The van der Waals surface area contributed by atoms with Crippen molar-refractivity contribution in [1.82, 2.24) is 15.2 Å². The summed E-state index contributed by atoms with van der Waals surface area (Å²) in [7, 11) is 0. The molecule has 1 aromatic rings. The lowest BCUT2D eigenvalue weighted by atomic mass is 9.78. The topological polar surface area (TPSA) is 103 Å². The van der Waals surface area contributed by atoms with E-state index in [-0.39, 0.29) is 11.8 Å². The molecule has 8 nitrogen and oxygen atoms in total. The van der Waals surface area contributed by atoms with E-state index in [1.54, 1.807) is 13.1 Å². The van der Waals surface area contributed by atoms with Gasteiger partial charge >= 0.3 is 6.09 Å². The summed E-state index contributed by atoms with van der Waals surface area (Å²) >= 11 is 0. The van der Waals surface area contributed by atoms with Gasteiger partial charge in [0.15, 0.2) is 0 Å². The molecule has 3 amide bonds. The molecule has 2 N–H and O–H groups in total. The molecule has 0 aromatic carbocycles. The molecule has 0 aliphatic carbocycles. The first-order chi connectivity index (χ1) is 11.4. The summed E-state index contributed by atoms with van der Waals surface area (Å²) in [5.41, 5.74) is 0.745. The van der Waals surface area contributed by atoms with Crippen molar-refractivity contribution in [2.75, 3.05) is 31.1 Å². The first-order valence-corrected chi connectivity index (χ1v) is 7.94. The molecule has 2 fully saturated rings. The molecule has 2 aliphatic heterocycles. The summed E-state index contributed by atoms with van der Waals surface area (Å²) < 4.78 is 0. The molecule has 2 saturated heterocycles. The van der Waals surface area contributed by atoms with Crippen LogP contribution in [0.15, 0.2) is 18.3 Å². The Morgan fingerprint density at radius 3 is 2.50 bits per heavy atom. The molecule has 8 heteroatoms. The van der Waals surface area contributed by atoms with Crippen LogP contribution in [-0.4, -0.2) is 59.1 Å². The van der Waals surface area contributed by atoms with Gasteiger partial charge in [-0.25, -0.2) is 4.79 Å². The fourth-order valence-corrected chi connectivity index (χ4v) is 3.10. The van der Waals surface area contributed by atoms with Crippen LogP contribution in [0.25, 0.3) is 0 Å².